The van der Waals surface area contributed by atoms with E-state index in [9.17, 15) is 34.2 Å². The fourth-order valence-electron chi connectivity index (χ4n) is 6.00. The molecule has 16 nitrogen and oxygen atoms in total. The van der Waals surface area contributed by atoms with Crippen LogP contribution in [0, 0.1) is 25.2 Å². The maximum absolute atomic E-state index is 12.1. The van der Waals surface area contributed by atoms with Gasteiger partial charge in [0.1, 0.15) is 35.6 Å². The summed E-state index contributed by atoms with van der Waals surface area (Å²) in [7, 11) is -1.68. The van der Waals surface area contributed by atoms with Crippen molar-refractivity contribution in [1.29, 1.82) is 5.26 Å². The number of carbonyl (C=O) groups excluding carboxylic acids is 5. The van der Waals surface area contributed by atoms with E-state index in [2.05, 4.69) is 34.6 Å². The fourth-order valence-corrected chi connectivity index (χ4v) is 6.00. The number of carbonyl (C=O) groups is 5. The summed E-state index contributed by atoms with van der Waals surface area (Å²) in [4.78, 5) is 52.7. The number of aryl methyl sites for hydroxylation is 2. The minimum absolute atomic E-state index is 0. The maximum Gasteiger partial charge on any atom is 0.639 e. The smallest absolute Gasteiger partial charge is 0.508 e. The molecule has 0 aliphatic carbocycles. The number of nitrogens with zero attached hydrogens (tertiary/aromatic N) is 1. The standard InChI is InChI=1S/C23H24O5.C12H27BO3.C9H10O2.C8H8O3.C5H8O2.C5H12.C2H3N.CH4/c1-16-4-5-17(12-19(16)15-24)6-9-20(25)14-21(26)10-7-18-8-11-22(27-2)23(13-18)28-3;1-4-7-10-14-13(15-11-8-5-2)16-12-9-6-3;1-7-2-3-8(5-10)4-9(7)6-11;9-4-6-1-2-8(11)7(3-6)5-10;1-4(6)3-5(2)7;1-3-5-4-2;1-2-3;/h4-14,24-25H,15H2,1-3H3;4-12H2,1-3H3;2-5,11H,6H2,1H3;1-4,10-11H,5H2;3H2,1-2H3;3-5H2,1-2H3;1H3;1H4/b9-6+,10-7+,20-14-;;;;;;;/i2D3;;;;;;;. The van der Waals surface area contributed by atoms with Crippen molar-refractivity contribution in [2.75, 3.05) is 34.0 Å². The van der Waals surface area contributed by atoms with Gasteiger partial charge < -0.3 is 49.0 Å². The van der Waals surface area contributed by atoms with Gasteiger partial charge in [0.05, 0.1) is 50.6 Å². The molecular formula is C65H96BNO15. The van der Waals surface area contributed by atoms with Crippen LogP contribution in [0.3, 0.4) is 0 Å². The van der Waals surface area contributed by atoms with Crippen molar-refractivity contribution in [3.05, 3.63) is 147 Å². The molecule has 17 heteroatoms. The Bertz CT molecular complexity index is 2520. The molecule has 0 bridgehead atoms. The third-order valence-corrected chi connectivity index (χ3v) is 10.6. The Balaban J connectivity index is -0.000000510. The quantitative estimate of drug-likeness (QED) is 0.00674. The van der Waals surface area contributed by atoms with Crippen LogP contribution in [0.4, 0.5) is 0 Å². The van der Waals surface area contributed by atoms with E-state index in [4.69, 9.17) is 48.1 Å². The van der Waals surface area contributed by atoms with Crippen molar-refractivity contribution in [3.8, 4) is 23.3 Å². The SMILES string of the molecule is C.CC#N.CC(=O)CC(C)=O.CCCCC.CCCCOB(OCCCC)OCCCC.Cc1ccc(C=O)cc1CO.O=Cc1ccc(O)c(CO)c1.[2H]C([2H])([2H])Oc1ccc(/C=C/C(=O)/C=C(O)/C=C/c2ccc(C)c(CO)c2)cc1OC. The summed E-state index contributed by atoms with van der Waals surface area (Å²) in [5.74, 6) is -0.497. The number of Topliss-reactive ketones (excluding diaryl/α,β-unsaturated/α-hetero) is 2. The maximum atomic E-state index is 12.1. The molecule has 4 aromatic carbocycles. The van der Waals surface area contributed by atoms with Crippen LogP contribution in [0.2, 0.25) is 0 Å². The number of aliphatic hydroxyl groups excluding tert-OH is 4. The first-order chi connectivity index (χ1) is 40.0. The molecule has 0 amide bonds. The van der Waals surface area contributed by atoms with Crippen molar-refractivity contribution in [2.24, 2.45) is 0 Å². The van der Waals surface area contributed by atoms with E-state index in [1.54, 1.807) is 36.4 Å². The van der Waals surface area contributed by atoms with E-state index in [1.807, 2.05) is 32.0 Å². The third kappa shape index (κ3) is 42.8. The van der Waals surface area contributed by atoms with Crippen LogP contribution >= 0.6 is 0 Å². The molecule has 82 heavy (non-hydrogen) atoms. The van der Waals surface area contributed by atoms with Crippen LogP contribution in [0.5, 0.6) is 17.2 Å². The van der Waals surface area contributed by atoms with E-state index in [0.29, 0.717) is 28.5 Å². The van der Waals surface area contributed by atoms with Crippen LogP contribution in [0.1, 0.15) is 191 Å². The Hall–Kier alpha value is -7.04. The number of benzene rings is 4. The Morgan fingerprint density at radius 1 is 0.610 bits per heavy atom. The Morgan fingerprint density at radius 2 is 1.01 bits per heavy atom. The molecule has 0 saturated carbocycles. The van der Waals surface area contributed by atoms with Crippen molar-refractivity contribution >= 4 is 49.4 Å². The van der Waals surface area contributed by atoms with Gasteiger partial charge in [-0.25, -0.2) is 0 Å². The number of rotatable bonds is 28. The molecule has 0 fully saturated rings. The number of aldehydes is 2. The number of ketones is 3. The Labute approximate surface area is 494 Å². The lowest BCUT2D eigenvalue weighted by molar-refractivity contribution is -0.124. The number of unbranched alkanes of at least 4 members (excludes halogenated alkanes) is 5. The lowest BCUT2D eigenvalue weighted by Crippen LogP contribution is -2.28. The first-order valence-electron chi connectivity index (χ1n) is 28.5. The summed E-state index contributed by atoms with van der Waals surface area (Å²) in [5.41, 5.74) is 6.38. The number of phenols is 1. The van der Waals surface area contributed by atoms with Gasteiger partial charge in [0, 0.05) is 49.5 Å². The lowest BCUT2D eigenvalue weighted by Gasteiger charge is -2.14. The zero-order valence-electron chi connectivity index (χ0n) is 52.6. The molecule has 0 spiro atoms. The van der Waals surface area contributed by atoms with Crippen LogP contribution in [0.25, 0.3) is 12.2 Å². The Morgan fingerprint density at radius 3 is 1.40 bits per heavy atom. The summed E-state index contributed by atoms with van der Waals surface area (Å²) >= 11 is 0. The average Bonchev–Trinajstić information content (AvgIpc) is 3.67. The topological polar surface area (TPSA) is 256 Å². The van der Waals surface area contributed by atoms with E-state index >= 15 is 0 Å². The molecule has 0 radical (unpaired) electrons. The van der Waals surface area contributed by atoms with Gasteiger partial charge in [-0.2, -0.15) is 5.26 Å². The number of allylic oxidation sites excluding steroid dienone is 3. The molecule has 4 aromatic rings. The van der Waals surface area contributed by atoms with Crippen molar-refractivity contribution in [1.82, 2.24) is 0 Å². The summed E-state index contributed by atoms with van der Waals surface area (Å²) in [6.45, 7) is 20.7. The molecule has 0 aliphatic rings. The monoisotopic (exact) mass is 1140 g/mol. The predicted octanol–water partition coefficient (Wildman–Crippen LogP) is 13.6. The predicted molar refractivity (Wildman–Crippen MR) is 330 cm³/mol. The third-order valence-electron chi connectivity index (χ3n) is 10.6. The second-order valence-corrected chi connectivity index (χ2v) is 17.7. The van der Waals surface area contributed by atoms with Gasteiger partial charge in [0.15, 0.2) is 17.3 Å². The van der Waals surface area contributed by atoms with Gasteiger partial charge in [-0.05, 0) is 135 Å². The second-order valence-electron chi connectivity index (χ2n) is 17.7. The molecular weight excluding hydrogens is 1050 g/mol. The lowest BCUT2D eigenvalue weighted by atomic mass is 10.1. The van der Waals surface area contributed by atoms with Gasteiger partial charge in [-0.1, -0.05) is 123 Å². The van der Waals surface area contributed by atoms with E-state index in [1.165, 1.54) is 95.7 Å². The van der Waals surface area contributed by atoms with Gasteiger partial charge in [-0.15, -0.1) is 0 Å². The highest BCUT2D eigenvalue weighted by molar-refractivity contribution is 6.36. The van der Waals surface area contributed by atoms with E-state index < -0.39 is 20.1 Å². The molecule has 4 rings (SSSR count). The van der Waals surface area contributed by atoms with Crippen molar-refractivity contribution in [2.45, 2.75) is 161 Å². The number of aliphatic hydroxyl groups is 4. The highest BCUT2D eigenvalue weighted by atomic mass is 16.7. The number of methoxy groups -OCH3 is 2. The summed E-state index contributed by atoms with van der Waals surface area (Å²) in [5, 5.41) is 53.1. The molecule has 0 atom stereocenters. The fraction of sp³-hybridized carbons (Fsp3) is 0.446. The second kappa shape index (κ2) is 54.5. The minimum Gasteiger partial charge on any atom is -0.508 e. The summed E-state index contributed by atoms with van der Waals surface area (Å²) in [6, 6.07) is 21.4. The van der Waals surface area contributed by atoms with Crippen LogP contribution < -0.4 is 9.47 Å². The van der Waals surface area contributed by atoms with Gasteiger partial charge >= 0.3 is 7.32 Å². The van der Waals surface area contributed by atoms with E-state index in [-0.39, 0.29) is 68.2 Å². The highest BCUT2D eigenvalue weighted by Crippen LogP contribution is 2.28. The number of hydrogen-bond acceptors (Lipinski definition) is 16. The summed E-state index contributed by atoms with van der Waals surface area (Å²) in [6.07, 6.45) is 19.0. The molecule has 0 saturated heterocycles. The van der Waals surface area contributed by atoms with Crippen LogP contribution in [0.15, 0.2) is 96.8 Å². The van der Waals surface area contributed by atoms with E-state index in [0.717, 1.165) is 98.5 Å². The van der Waals surface area contributed by atoms with Crippen molar-refractivity contribution < 1.29 is 77.1 Å². The number of hydrogen-bond donors (Lipinski definition) is 5. The van der Waals surface area contributed by atoms with Crippen molar-refractivity contribution in [3.63, 3.8) is 0 Å². The Kier molecular flexibility index (Phi) is 49.9. The first kappa shape index (κ1) is 75.0. The molecule has 5 N–H and O–H groups in total. The van der Waals surface area contributed by atoms with Crippen LogP contribution in [-0.2, 0) is 48.2 Å². The van der Waals surface area contributed by atoms with Gasteiger partial charge in [0.25, 0.3) is 0 Å². The van der Waals surface area contributed by atoms with Gasteiger partial charge in [0.2, 0.25) is 0 Å². The average molecular weight is 1150 g/mol. The largest absolute Gasteiger partial charge is 0.639 e. The molecule has 454 valence electrons. The molecule has 0 aliphatic heterocycles. The number of ether oxygens (including phenoxy) is 2. The summed E-state index contributed by atoms with van der Waals surface area (Å²) < 4.78 is 48.1. The highest BCUT2D eigenvalue weighted by Gasteiger charge is 2.20. The van der Waals surface area contributed by atoms with Gasteiger partial charge in [-0.3, -0.25) is 24.0 Å². The normalized spacial score (nSPS) is 10.7. The zero-order chi connectivity index (χ0) is 64.3. The molecule has 0 heterocycles. The number of aromatic hydroxyl groups is 1. The molecule has 0 aromatic heterocycles. The van der Waals surface area contributed by atoms with Crippen LogP contribution in [-0.4, -0.2) is 96.7 Å². The number of nitriles is 1. The first-order valence-corrected chi connectivity index (χ1v) is 27.0. The molecule has 0 unspecified atom stereocenters. The zero-order valence-corrected chi connectivity index (χ0v) is 49.6. The minimum atomic E-state index is -2.60.